The van der Waals surface area contributed by atoms with Gasteiger partial charge in [-0.25, -0.2) is 0 Å². The lowest BCUT2D eigenvalue weighted by Gasteiger charge is -2.34. The summed E-state index contributed by atoms with van der Waals surface area (Å²) >= 11 is 0. The lowest BCUT2D eigenvalue weighted by Crippen LogP contribution is -2.44. The topological polar surface area (TPSA) is 41.6 Å². The van der Waals surface area contributed by atoms with Crippen LogP contribution in [0.15, 0.2) is 0 Å². The summed E-state index contributed by atoms with van der Waals surface area (Å²) in [5.41, 5.74) is 0. The maximum atomic E-state index is 12.3. The molecule has 98 valence electrons. The first-order valence-electron chi connectivity index (χ1n) is 6.77. The van der Waals surface area contributed by atoms with Gasteiger partial charge in [-0.05, 0) is 45.7 Å². The van der Waals surface area contributed by atoms with Crippen LogP contribution in [0.3, 0.4) is 0 Å². The normalized spacial score (nSPS) is 30.8. The molecule has 0 aromatic carbocycles. The van der Waals surface area contributed by atoms with Crippen LogP contribution >= 0.6 is 0 Å². The fraction of sp³-hybridized carbons (Fsp3) is 0.923. The van der Waals surface area contributed by atoms with E-state index in [2.05, 4.69) is 5.32 Å². The SMILES string of the molecule is CNCC1CCN(C(=O)C2CCOC2C)CC1. The second kappa shape index (κ2) is 5.83. The highest BCUT2D eigenvalue weighted by atomic mass is 16.5. The molecule has 2 rings (SSSR count). The van der Waals surface area contributed by atoms with E-state index in [0.29, 0.717) is 5.91 Å². The van der Waals surface area contributed by atoms with E-state index < -0.39 is 0 Å². The number of carbonyl (C=O) groups excluding carboxylic acids is 1. The van der Waals surface area contributed by atoms with E-state index in [1.54, 1.807) is 0 Å². The molecule has 0 bridgehead atoms. The van der Waals surface area contributed by atoms with Gasteiger partial charge in [0.25, 0.3) is 0 Å². The molecular weight excluding hydrogens is 216 g/mol. The zero-order valence-electron chi connectivity index (χ0n) is 10.9. The van der Waals surface area contributed by atoms with Crippen molar-refractivity contribution < 1.29 is 9.53 Å². The molecule has 4 heteroatoms. The molecule has 2 aliphatic heterocycles. The van der Waals surface area contributed by atoms with Crippen molar-refractivity contribution in [3.63, 3.8) is 0 Å². The molecule has 0 radical (unpaired) electrons. The number of piperidine rings is 1. The maximum Gasteiger partial charge on any atom is 0.228 e. The smallest absolute Gasteiger partial charge is 0.228 e. The Balaban J connectivity index is 1.82. The lowest BCUT2D eigenvalue weighted by atomic mass is 9.94. The molecule has 2 unspecified atom stereocenters. The molecule has 2 fully saturated rings. The van der Waals surface area contributed by atoms with Gasteiger partial charge in [0.05, 0.1) is 12.0 Å². The van der Waals surface area contributed by atoms with Gasteiger partial charge in [-0.2, -0.15) is 0 Å². The van der Waals surface area contributed by atoms with Gasteiger partial charge in [-0.15, -0.1) is 0 Å². The second-order valence-corrected chi connectivity index (χ2v) is 5.30. The molecule has 0 saturated carbocycles. The van der Waals surface area contributed by atoms with Crippen LogP contribution in [-0.4, -0.2) is 50.2 Å². The molecule has 2 heterocycles. The molecular formula is C13H24N2O2. The van der Waals surface area contributed by atoms with Crippen molar-refractivity contribution >= 4 is 5.91 Å². The van der Waals surface area contributed by atoms with E-state index in [-0.39, 0.29) is 12.0 Å². The van der Waals surface area contributed by atoms with Crippen molar-refractivity contribution in [1.82, 2.24) is 10.2 Å². The van der Waals surface area contributed by atoms with Crippen LogP contribution in [0.5, 0.6) is 0 Å². The van der Waals surface area contributed by atoms with Gasteiger partial charge in [0.2, 0.25) is 5.91 Å². The largest absolute Gasteiger partial charge is 0.378 e. The highest BCUT2D eigenvalue weighted by Gasteiger charge is 2.34. The molecule has 1 amide bonds. The van der Waals surface area contributed by atoms with Crippen LogP contribution in [0.25, 0.3) is 0 Å². The maximum absolute atomic E-state index is 12.3. The van der Waals surface area contributed by atoms with Crippen molar-refractivity contribution in [1.29, 1.82) is 0 Å². The van der Waals surface area contributed by atoms with Crippen LogP contribution in [0.4, 0.5) is 0 Å². The van der Waals surface area contributed by atoms with Gasteiger partial charge in [-0.1, -0.05) is 0 Å². The zero-order chi connectivity index (χ0) is 12.3. The minimum absolute atomic E-state index is 0.107. The van der Waals surface area contributed by atoms with Gasteiger partial charge in [0, 0.05) is 19.7 Å². The molecule has 0 aliphatic carbocycles. The molecule has 0 aromatic rings. The summed E-state index contributed by atoms with van der Waals surface area (Å²) in [7, 11) is 2.00. The van der Waals surface area contributed by atoms with Crippen molar-refractivity contribution in [2.75, 3.05) is 33.3 Å². The van der Waals surface area contributed by atoms with E-state index in [1.807, 2.05) is 18.9 Å². The Bertz CT molecular complexity index is 262. The van der Waals surface area contributed by atoms with E-state index in [9.17, 15) is 4.79 Å². The first-order valence-corrected chi connectivity index (χ1v) is 6.77. The van der Waals surface area contributed by atoms with Crippen LogP contribution in [0, 0.1) is 11.8 Å². The summed E-state index contributed by atoms with van der Waals surface area (Å²) in [6, 6.07) is 0. The lowest BCUT2D eigenvalue weighted by molar-refractivity contribution is -0.138. The number of nitrogens with zero attached hydrogens (tertiary/aromatic N) is 1. The molecule has 2 atom stereocenters. The average Bonchev–Trinajstić information content (AvgIpc) is 2.76. The third-order valence-corrected chi connectivity index (χ3v) is 4.11. The first-order chi connectivity index (χ1) is 8.22. The molecule has 0 spiro atoms. The third kappa shape index (κ3) is 2.99. The van der Waals surface area contributed by atoms with Crippen LogP contribution < -0.4 is 5.32 Å². The van der Waals surface area contributed by atoms with Gasteiger partial charge in [0.1, 0.15) is 0 Å². The molecule has 0 aromatic heterocycles. The first kappa shape index (κ1) is 12.8. The summed E-state index contributed by atoms with van der Waals surface area (Å²) in [4.78, 5) is 14.3. The van der Waals surface area contributed by atoms with Crippen LogP contribution in [0.1, 0.15) is 26.2 Å². The Kier molecular flexibility index (Phi) is 4.40. The van der Waals surface area contributed by atoms with E-state index in [4.69, 9.17) is 4.74 Å². The highest BCUT2D eigenvalue weighted by molar-refractivity contribution is 5.79. The minimum Gasteiger partial charge on any atom is -0.378 e. The second-order valence-electron chi connectivity index (χ2n) is 5.30. The summed E-state index contributed by atoms with van der Waals surface area (Å²) < 4.78 is 5.48. The Morgan fingerprint density at radius 2 is 2.06 bits per heavy atom. The van der Waals surface area contributed by atoms with Crippen molar-refractivity contribution in [3.8, 4) is 0 Å². The summed E-state index contributed by atoms with van der Waals surface area (Å²) in [5, 5.41) is 3.22. The highest BCUT2D eigenvalue weighted by Crippen LogP contribution is 2.25. The summed E-state index contributed by atoms with van der Waals surface area (Å²) in [6.45, 7) is 5.69. The van der Waals surface area contributed by atoms with Crippen molar-refractivity contribution in [2.24, 2.45) is 11.8 Å². The number of amides is 1. The molecule has 1 N–H and O–H groups in total. The summed E-state index contributed by atoms with van der Waals surface area (Å²) in [6.07, 6.45) is 3.28. The zero-order valence-corrected chi connectivity index (χ0v) is 10.9. The minimum atomic E-state index is 0.107. The Labute approximate surface area is 104 Å². The molecule has 17 heavy (non-hydrogen) atoms. The fourth-order valence-corrected chi connectivity index (χ4v) is 2.94. The van der Waals surface area contributed by atoms with Crippen LogP contribution in [-0.2, 0) is 9.53 Å². The number of likely N-dealkylation sites (tertiary alicyclic amines) is 1. The number of carbonyl (C=O) groups is 1. The number of hydrogen-bond donors (Lipinski definition) is 1. The van der Waals surface area contributed by atoms with Gasteiger partial charge in [0.15, 0.2) is 0 Å². The standard InChI is InChI=1S/C13H24N2O2/c1-10-12(5-8-17-10)13(16)15-6-3-11(4-7-15)9-14-2/h10-12,14H,3-9H2,1-2H3. The Hall–Kier alpha value is -0.610. The summed E-state index contributed by atoms with van der Waals surface area (Å²) in [5.74, 6) is 1.16. The van der Waals surface area contributed by atoms with E-state index in [1.165, 1.54) is 0 Å². The Morgan fingerprint density at radius 3 is 2.59 bits per heavy atom. The third-order valence-electron chi connectivity index (χ3n) is 4.11. The number of rotatable bonds is 3. The van der Waals surface area contributed by atoms with E-state index >= 15 is 0 Å². The quantitative estimate of drug-likeness (QED) is 0.796. The molecule has 2 aliphatic rings. The van der Waals surface area contributed by atoms with Crippen molar-refractivity contribution in [2.45, 2.75) is 32.3 Å². The number of hydrogen-bond acceptors (Lipinski definition) is 3. The predicted molar refractivity (Wildman–Crippen MR) is 66.8 cm³/mol. The predicted octanol–water partition coefficient (Wildman–Crippen LogP) is 0.869. The monoisotopic (exact) mass is 240 g/mol. The van der Waals surface area contributed by atoms with Gasteiger partial charge < -0.3 is 15.0 Å². The number of ether oxygens (including phenoxy) is 1. The van der Waals surface area contributed by atoms with Gasteiger partial charge >= 0.3 is 0 Å². The molecule has 4 nitrogen and oxygen atoms in total. The Morgan fingerprint density at radius 1 is 1.35 bits per heavy atom. The van der Waals surface area contributed by atoms with Crippen LogP contribution in [0.2, 0.25) is 0 Å². The van der Waals surface area contributed by atoms with Gasteiger partial charge in [-0.3, -0.25) is 4.79 Å². The van der Waals surface area contributed by atoms with Crippen molar-refractivity contribution in [3.05, 3.63) is 0 Å². The number of nitrogens with one attached hydrogen (secondary N) is 1. The molecule has 2 saturated heterocycles. The average molecular weight is 240 g/mol. The van der Waals surface area contributed by atoms with E-state index in [0.717, 1.165) is 51.4 Å². The fourth-order valence-electron chi connectivity index (χ4n) is 2.94.